The number of halogens is 1. The van der Waals surface area contributed by atoms with Crippen LogP contribution >= 0.6 is 27.3 Å². The van der Waals surface area contributed by atoms with Crippen LogP contribution in [0.15, 0.2) is 15.9 Å². The van der Waals surface area contributed by atoms with E-state index in [1.165, 1.54) is 15.1 Å². The SMILES string of the molecule is CCCN1CCOC(C(N)Cc2ccc(Br)s2)C1. The molecule has 0 radical (unpaired) electrons. The van der Waals surface area contributed by atoms with Gasteiger partial charge < -0.3 is 10.5 Å². The molecule has 1 aromatic heterocycles. The molecule has 0 saturated carbocycles. The fourth-order valence-corrected chi connectivity index (χ4v) is 3.89. The molecule has 1 aliphatic heterocycles. The lowest BCUT2D eigenvalue weighted by Gasteiger charge is -2.35. The second-order valence-electron chi connectivity index (χ2n) is 4.78. The molecular weight excluding hydrogens is 312 g/mol. The van der Waals surface area contributed by atoms with Crippen LogP contribution in [0.1, 0.15) is 18.2 Å². The molecule has 0 aromatic carbocycles. The first-order chi connectivity index (χ1) is 8.69. The summed E-state index contributed by atoms with van der Waals surface area (Å²) < 4.78 is 6.99. The Morgan fingerprint density at radius 3 is 3.11 bits per heavy atom. The van der Waals surface area contributed by atoms with Crippen molar-refractivity contribution in [3.8, 4) is 0 Å². The molecule has 0 aliphatic carbocycles. The van der Waals surface area contributed by atoms with Crippen LogP contribution in [0, 0.1) is 0 Å². The van der Waals surface area contributed by atoms with Crippen LogP contribution in [-0.4, -0.2) is 43.3 Å². The van der Waals surface area contributed by atoms with Gasteiger partial charge >= 0.3 is 0 Å². The van der Waals surface area contributed by atoms with E-state index in [9.17, 15) is 0 Å². The van der Waals surface area contributed by atoms with E-state index in [2.05, 4.69) is 39.9 Å². The van der Waals surface area contributed by atoms with Crippen LogP contribution in [0.3, 0.4) is 0 Å². The van der Waals surface area contributed by atoms with E-state index in [1.54, 1.807) is 11.3 Å². The number of hydrogen-bond acceptors (Lipinski definition) is 4. The number of nitrogens with two attached hydrogens (primary N) is 1. The summed E-state index contributed by atoms with van der Waals surface area (Å²) in [5.41, 5.74) is 6.29. The van der Waals surface area contributed by atoms with Crippen LogP contribution < -0.4 is 5.73 Å². The molecule has 18 heavy (non-hydrogen) atoms. The predicted molar refractivity (Wildman–Crippen MR) is 80.2 cm³/mol. The lowest BCUT2D eigenvalue weighted by molar-refractivity contribution is -0.0399. The van der Waals surface area contributed by atoms with Gasteiger partial charge in [-0.1, -0.05) is 6.92 Å². The van der Waals surface area contributed by atoms with Gasteiger partial charge in [0.2, 0.25) is 0 Å². The molecule has 2 atom stereocenters. The average molecular weight is 333 g/mol. The predicted octanol–water partition coefficient (Wildman–Crippen LogP) is 2.49. The Bertz CT molecular complexity index is 370. The van der Waals surface area contributed by atoms with Crippen molar-refractivity contribution < 1.29 is 4.74 Å². The molecule has 1 saturated heterocycles. The summed E-state index contributed by atoms with van der Waals surface area (Å²) in [4.78, 5) is 3.78. The number of hydrogen-bond donors (Lipinski definition) is 1. The van der Waals surface area contributed by atoms with Crippen molar-refractivity contribution in [2.45, 2.75) is 31.9 Å². The lowest BCUT2D eigenvalue weighted by atomic mass is 10.1. The molecule has 0 amide bonds. The monoisotopic (exact) mass is 332 g/mol. The zero-order valence-electron chi connectivity index (χ0n) is 10.8. The maximum atomic E-state index is 6.29. The molecule has 2 rings (SSSR count). The molecule has 1 aromatic rings. The molecule has 1 fully saturated rings. The number of thiophene rings is 1. The summed E-state index contributed by atoms with van der Waals surface area (Å²) in [6, 6.07) is 4.31. The van der Waals surface area contributed by atoms with Gasteiger partial charge in [0, 0.05) is 24.0 Å². The summed E-state index contributed by atoms with van der Waals surface area (Å²) in [6.07, 6.45) is 2.27. The molecule has 102 valence electrons. The van der Waals surface area contributed by atoms with Gasteiger partial charge in [-0.3, -0.25) is 4.90 Å². The van der Waals surface area contributed by atoms with E-state index in [0.29, 0.717) is 0 Å². The van der Waals surface area contributed by atoms with Crippen molar-refractivity contribution >= 4 is 27.3 Å². The highest BCUT2D eigenvalue weighted by Crippen LogP contribution is 2.24. The molecule has 2 unspecified atom stereocenters. The minimum atomic E-state index is 0.0928. The minimum Gasteiger partial charge on any atom is -0.374 e. The first kappa shape index (κ1) is 14.5. The third-order valence-corrected chi connectivity index (χ3v) is 4.91. The van der Waals surface area contributed by atoms with Gasteiger partial charge in [0.05, 0.1) is 16.5 Å². The van der Waals surface area contributed by atoms with E-state index in [1.807, 2.05) is 0 Å². The van der Waals surface area contributed by atoms with E-state index < -0.39 is 0 Å². The Morgan fingerprint density at radius 1 is 1.61 bits per heavy atom. The summed E-state index contributed by atoms with van der Waals surface area (Å²) in [7, 11) is 0. The summed E-state index contributed by atoms with van der Waals surface area (Å²) in [6.45, 7) is 6.19. The normalized spacial score (nSPS) is 23.2. The second kappa shape index (κ2) is 7.01. The van der Waals surface area contributed by atoms with Crippen LogP contribution in [-0.2, 0) is 11.2 Å². The number of morpholine rings is 1. The van der Waals surface area contributed by atoms with Crippen LogP contribution in [0.4, 0.5) is 0 Å². The highest BCUT2D eigenvalue weighted by atomic mass is 79.9. The molecule has 5 heteroatoms. The quantitative estimate of drug-likeness (QED) is 0.900. The first-order valence-corrected chi connectivity index (χ1v) is 8.13. The van der Waals surface area contributed by atoms with Crippen molar-refractivity contribution in [1.29, 1.82) is 0 Å². The summed E-state index contributed by atoms with van der Waals surface area (Å²) >= 11 is 5.25. The largest absolute Gasteiger partial charge is 0.374 e. The lowest BCUT2D eigenvalue weighted by Crippen LogP contribution is -2.51. The fourth-order valence-electron chi connectivity index (χ4n) is 2.34. The van der Waals surface area contributed by atoms with E-state index in [-0.39, 0.29) is 12.1 Å². The van der Waals surface area contributed by atoms with Crippen LogP contribution in [0.25, 0.3) is 0 Å². The third kappa shape index (κ3) is 4.03. The van der Waals surface area contributed by atoms with E-state index in [0.717, 1.165) is 32.7 Å². The van der Waals surface area contributed by atoms with Gasteiger partial charge in [-0.15, -0.1) is 11.3 Å². The van der Waals surface area contributed by atoms with Crippen LogP contribution in [0.2, 0.25) is 0 Å². The van der Waals surface area contributed by atoms with Gasteiger partial charge in [-0.05, 0) is 47.4 Å². The maximum Gasteiger partial charge on any atom is 0.0856 e. The average Bonchev–Trinajstić information content (AvgIpc) is 2.75. The summed E-state index contributed by atoms with van der Waals surface area (Å²) in [5.74, 6) is 0. The fraction of sp³-hybridized carbons (Fsp3) is 0.692. The van der Waals surface area contributed by atoms with Crippen molar-refractivity contribution in [3.63, 3.8) is 0 Å². The zero-order valence-corrected chi connectivity index (χ0v) is 13.2. The van der Waals surface area contributed by atoms with Crippen molar-refractivity contribution in [2.75, 3.05) is 26.2 Å². The highest BCUT2D eigenvalue weighted by Gasteiger charge is 2.25. The zero-order chi connectivity index (χ0) is 13.0. The van der Waals surface area contributed by atoms with Crippen molar-refractivity contribution in [1.82, 2.24) is 4.90 Å². The Hall–Kier alpha value is 0.0600. The van der Waals surface area contributed by atoms with Gasteiger partial charge in [0.1, 0.15) is 0 Å². The Kier molecular flexibility index (Phi) is 5.63. The Morgan fingerprint density at radius 2 is 2.44 bits per heavy atom. The molecular formula is C13H21BrN2OS. The molecule has 2 N–H and O–H groups in total. The Balaban J connectivity index is 1.86. The van der Waals surface area contributed by atoms with Crippen LogP contribution in [0.5, 0.6) is 0 Å². The van der Waals surface area contributed by atoms with Gasteiger partial charge in [-0.2, -0.15) is 0 Å². The molecule has 0 bridgehead atoms. The minimum absolute atomic E-state index is 0.0928. The van der Waals surface area contributed by atoms with Gasteiger partial charge in [0.15, 0.2) is 0 Å². The number of rotatable bonds is 5. The number of nitrogens with zero attached hydrogens (tertiary/aromatic N) is 1. The number of ether oxygens (including phenoxy) is 1. The standard InChI is InChI=1S/C13H21BrN2OS/c1-2-5-16-6-7-17-12(9-16)11(15)8-10-3-4-13(14)18-10/h3-4,11-12H,2,5-9,15H2,1H3. The first-order valence-electron chi connectivity index (χ1n) is 6.52. The van der Waals surface area contributed by atoms with Crippen molar-refractivity contribution in [3.05, 3.63) is 20.8 Å². The molecule has 1 aliphatic rings. The van der Waals surface area contributed by atoms with Crippen molar-refractivity contribution in [2.24, 2.45) is 5.73 Å². The topological polar surface area (TPSA) is 38.5 Å². The van der Waals surface area contributed by atoms with E-state index in [4.69, 9.17) is 10.5 Å². The molecule has 0 spiro atoms. The van der Waals surface area contributed by atoms with Gasteiger partial charge in [0.25, 0.3) is 0 Å². The second-order valence-corrected chi connectivity index (χ2v) is 7.33. The highest BCUT2D eigenvalue weighted by molar-refractivity contribution is 9.11. The third-order valence-electron chi connectivity index (χ3n) is 3.26. The Labute approximate surface area is 121 Å². The summed E-state index contributed by atoms with van der Waals surface area (Å²) in [5, 5.41) is 0. The van der Waals surface area contributed by atoms with Gasteiger partial charge in [-0.25, -0.2) is 0 Å². The van der Waals surface area contributed by atoms with E-state index >= 15 is 0 Å². The smallest absolute Gasteiger partial charge is 0.0856 e. The molecule has 2 heterocycles. The molecule has 3 nitrogen and oxygen atoms in total. The maximum absolute atomic E-state index is 6.29.